The van der Waals surface area contributed by atoms with Crippen LogP contribution < -0.4 is 30.3 Å². The van der Waals surface area contributed by atoms with E-state index in [1.54, 1.807) is 18.2 Å². The SMILES string of the molecule is O=C(O)NCCOc1cccc(-c2cccc(CNCCC3CN(c4ccc5c(n4)NC(=O)CO5)C(=O)O3)c2)n1. The molecule has 0 radical (unpaired) electrons. The van der Waals surface area contributed by atoms with Crippen molar-refractivity contribution < 1.29 is 33.7 Å². The Kier molecular flexibility index (Phi) is 8.21. The highest BCUT2D eigenvalue weighted by atomic mass is 16.6. The van der Waals surface area contributed by atoms with Gasteiger partial charge < -0.3 is 35.3 Å². The van der Waals surface area contributed by atoms with Gasteiger partial charge >= 0.3 is 12.2 Å². The van der Waals surface area contributed by atoms with E-state index in [4.69, 9.17) is 19.3 Å². The minimum atomic E-state index is -1.10. The molecule has 40 heavy (non-hydrogen) atoms. The Morgan fingerprint density at radius 1 is 1.12 bits per heavy atom. The third kappa shape index (κ3) is 6.74. The molecule has 13 nitrogen and oxygen atoms in total. The number of benzene rings is 1. The van der Waals surface area contributed by atoms with Crippen LogP contribution >= 0.6 is 0 Å². The number of hydrogen-bond donors (Lipinski definition) is 4. The number of carboxylic acid groups (broad SMARTS) is 1. The fraction of sp³-hybridized carbons (Fsp3) is 0.296. The summed E-state index contributed by atoms with van der Waals surface area (Å²) in [5, 5.41) is 16.9. The Hall–Kier alpha value is -4.91. The van der Waals surface area contributed by atoms with Crippen molar-refractivity contribution in [1.29, 1.82) is 0 Å². The molecule has 3 aromatic rings. The van der Waals surface area contributed by atoms with Crippen LogP contribution in [0.3, 0.4) is 0 Å². The minimum absolute atomic E-state index is 0.0616. The summed E-state index contributed by atoms with van der Waals surface area (Å²) in [6.07, 6.45) is -1.26. The van der Waals surface area contributed by atoms with Gasteiger partial charge in [0.05, 0.1) is 18.8 Å². The Labute approximate surface area is 229 Å². The third-order valence-electron chi connectivity index (χ3n) is 6.16. The van der Waals surface area contributed by atoms with E-state index in [0.717, 1.165) is 16.8 Å². The number of anilines is 2. The lowest BCUT2D eigenvalue weighted by atomic mass is 10.1. The zero-order valence-electron chi connectivity index (χ0n) is 21.5. The Bertz CT molecular complexity index is 1400. The van der Waals surface area contributed by atoms with E-state index < -0.39 is 12.2 Å². The number of carbonyl (C=O) groups is 3. The molecule has 4 heterocycles. The van der Waals surface area contributed by atoms with Gasteiger partial charge in [-0.25, -0.2) is 19.6 Å². The highest BCUT2D eigenvalue weighted by Gasteiger charge is 2.33. The van der Waals surface area contributed by atoms with Crippen molar-refractivity contribution in [3.63, 3.8) is 0 Å². The van der Waals surface area contributed by atoms with E-state index >= 15 is 0 Å². The number of pyridine rings is 2. The molecule has 0 aliphatic carbocycles. The number of rotatable bonds is 11. The molecule has 2 aliphatic rings. The van der Waals surface area contributed by atoms with Crippen LogP contribution in [0, 0.1) is 0 Å². The molecule has 0 spiro atoms. The summed E-state index contributed by atoms with van der Waals surface area (Å²) in [6, 6.07) is 16.7. The first kappa shape index (κ1) is 26.7. The van der Waals surface area contributed by atoms with Crippen LogP contribution in [0.25, 0.3) is 11.3 Å². The zero-order chi connectivity index (χ0) is 27.9. The maximum atomic E-state index is 12.5. The molecule has 3 amide bonds. The first-order chi connectivity index (χ1) is 19.4. The molecule has 5 rings (SSSR count). The van der Waals surface area contributed by atoms with Crippen LogP contribution in [-0.4, -0.2) is 72.1 Å². The second kappa shape index (κ2) is 12.3. The molecule has 2 aliphatic heterocycles. The Balaban J connectivity index is 1.10. The maximum absolute atomic E-state index is 12.5. The van der Waals surface area contributed by atoms with Crippen molar-refractivity contribution in [3.05, 3.63) is 60.2 Å². The van der Waals surface area contributed by atoms with Gasteiger partial charge in [-0.1, -0.05) is 24.3 Å². The average Bonchev–Trinajstić information content (AvgIpc) is 3.33. The van der Waals surface area contributed by atoms with Crippen molar-refractivity contribution in [2.45, 2.75) is 19.1 Å². The van der Waals surface area contributed by atoms with Crippen LogP contribution in [0.4, 0.5) is 21.2 Å². The maximum Gasteiger partial charge on any atom is 0.415 e. The van der Waals surface area contributed by atoms with E-state index in [1.165, 1.54) is 4.90 Å². The first-order valence-electron chi connectivity index (χ1n) is 12.7. The summed E-state index contributed by atoms with van der Waals surface area (Å²) in [6.45, 7) is 1.88. The predicted octanol–water partition coefficient (Wildman–Crippen LogP) is 2.63. The second-order valence-corrected chi connectivity index (χ2v) is 9.08. The number of amides is 3. The molecule has 208 valence electrons. The number of hydrogen-bond acceptors (Lipinski definition) is 9. The topological polar surface area (TPSA) is 164 Å². The van der Waals surface area contributed by atoms with Gasteiger partial charge in [0.1, 0.15) is 18.5 Å². The highest BCUT2D eigenvalue weighted by Crippen LogP contribution is 2.30. The lowest BCUT2D eigenvalue weighted by molar-refractivity contribution is -0.118. The van der Waals surface area contributed by atoms with Crippen molar-refractivity contribution >= 4 is 29.7 Å². The zero-order valence-corrected chi connectivity index (χ0v) is 21.5. The van der Waals surface area contributed by atoms with Gasteiger partial charge in [-0.05, 0) is 42.8 Å². The standard InChI is InChI=1S/C27H28N6O7/c34-23-16-39-21-7-8-22(31-25(21)32-23)33-15-19(40-27(33)37)9-10-28-14-17-3-1-4-18(13-17)20-5-2-6-24(30-20)38-12-11-29-26(35)36/h1-8,13,19,28-29H,9-12,14-16H2,(H,35,36)(H,31,32,34). The lowest BCUT2D eigenvalue weighted by Gasteiger charge is -2.19. The Morgan fingerprint density at radius 2 is 2.00 bits per heavy atom. The molecule has 13 heteroatoms. The number of ether oxygens (including phenoxy) is 3. The average molecular weight is 549 g/mol. The quantitative estimate of drug-likeness (QED) is 0.262. The molecule has 1 atom stereocenters. The molecule has 0 bridgehead atoms. The molecular weight excluding hydrogens is 520 g/mol. The molecular formula is C27H28N6O7. The van der Waals surface area contributed by atoms with Crippen LogP contribution in [0.1, 0.15) is 12.0 Å². The smallest absolute Gasteiger partial charge is 0.415 e. The number of cyclic esters (lactones) is 1. The monoisotopic (exact) mass is 548 g/mol. The molecule has 1 saturated heterocycles. The fourth-order valence-electron chi connectivity index (χ4n) is 4.27. The van der Waals surface area contributed by atoms with Crippen LogP contribution in [0.2, 0.25) is 0 Å². The number of carbonyl (C=O) groups excluding carboxylic acids is 2. The van der Waals surface area contributed by atoms with E-state index in [0.29, 0.717) is 43.5 Å². The Morgan fingerprint density at radius 3 is 2.88 bits per heavy atom. The van der Waals surface area contributed by atoms with Gasteiger partial charge in [-0.15, -0.1) is 0 Å². The van der Waals surface area contributed by atoms with Gasteiger partial charge in [0, 0.05) is 18.2 Å². The predicted molar refractivity (Wildman–Crippen MR) is 143 cm³/mol. The number of nitrogens with zero attached hydrogens (tertiary/aromatic N) is 3. The molecule has 1 aromatic carbocycles. The van der Waals surface area contributed by atoms with Crippen molar-refractivity contribution in [3.8, 4) is 22.9 Å². The molecule has 1 fully saturated rings. The molecule has 0 saturated carbocycles. The summed E-state index contributed by atoms with van der Waals surface area (Å²) in [7, 11) is 0. The third-order valence-corrected chi connectivity index (χ3v) is 6.16. The molecule has 1 unspecified atom stereocenters. The van der Waals surface area contributed by atoms with Crippen LogP contribution in [0.15, 0.2) is 54.6 Å². The van der Waals surface area contributed by atoms with Gasteiger partial charge in [0.15, 0.2) is 18.2 Å². The summed E-state index contributed by atoms with van der Waals surface area (Å²) in [5.74, 6) is 1.26. The van der Waals surface area contributed by atoms with Crippen molar-refractivity contribution in [2.24, 2.45) is 0 Å². The highest BCUT2D eigenvalue weighted by molar-refractivity contribution is 5.95. The number of aromatic nitrogens is 2. The number of fused-ring (bicyclic) bond motifs is 1. The van der Waals surface area contributed by atoms with Crippen LogP contribution in [0.5, 0.6) is 11.6 Å². The van der Waals surface area contributed by atoms with Gasteiger partial charge in [-0.3, -0.25) is 9.69 Å². The fourth-order valence-corrected chi connectivity index (χ4v) is 4.27. The summed E-state index contributed by atoms with van der Waals surface area (Å²) >= 11 is 0. The largest absolute Gasteiger partial charge is 0.480 e. The molecule has 2 aromatic heterocycles. The van der Waals surface area contributed by atoms with Gasteiger partial charge in [0.2, 0.25) is 5.88 Å². The second-order valence-electron chi connectivity index (χ2n) is 9.08. The van der Waals surface area contributed by atoms with Gasteiger partial charge in [0.25, 0.3) is 5.91 Å². The lowest BCUT2D eigenvalue weighted by Crippen LogP contribution is -2.29. The van der Waals surface area contributed by atoms with E-state index in [-0.39, 0.29) is 37.6 Å². The van der Waals surface area contributed by atoms with Gasteiger partial charge in [-0.2, -0.15) is 0 Å². The van der Waals surface area contributed by atoms with E-state index in [1.807, 2.05) is 36.4 Å². The van der Waals surface area contributed by atoms with Crippen LogP contribution in [-0.2, 0) is 16.1 Å². The number of nitrogens with one attached hydrogen (secondary N) is 3. The summed E-state index contributed by atoms with van der Waals surface area (Å²) in [5.41, 5.74) is 2.72. The molecule has 4 N–H and O–H groups in total. The normalized spacial score (nSPS) is 16.0. The van der Waals surface area contributed by atoms with Crippen molar-refractivity contribution in [2.75, 3.05) is 43.1 Å². The summed E-state index contributed by atoms with van der Waals surface area (Å²) in [4.78, 5) is 44.9. The summed E-state index contributed by atoms with van der Waals surface area (Å²) < 4.78 is 16.4. The first-order valence-corrected chi connectivity index (χ1v) is 12.7. The van der Waals surface area contributed by atoms with E-state index in [2.05, 4.69) is 25.9 Å². The van der Waals surface area contributed by atoms with Crippen molar-refractivity contribution in [1.82, 2.24) is 20.6 Å². The van der Waals surface area contributed by atoms with E-state index in [9.17, 15) is 14.4 Å². The minimum Gasteiger partial charge on any atom is -0.480 e.